The molecule has 3 aromatic carbocycles. The molecule has 0 aliphatic heterocycles. The summed E-state index contributed by atoms with van der Waals surface area (Å²) in [7, 11) is 0. The summed E-state index contributed by atoms with van der Waals surface area (Å²) in [6, 6.07) is 19.8. The Morgan fingerprint density at radius 1 is 0.971 bits per heavy atom. The van der Waals surface area contributed by atoms with E-state index in [2.05, 4.69) is 5.32 Å². The highest BCUT2D eigenvalue weighted by molar-refractivity contribution is 6.36. The molecule has 0 fully saturated rings. The molecule has 5 nitrogen and oxygen atoms in total. The van der Waals surface area contributed by atoms with Crippen LogP contribution in [0.1, 0.15) is 29.2 Å². The van der Waals surface area contributed by atoms with Gasteiger partial charge in [-0.3, -0.25) is 9.59 Å². The second-order valence-electron chi connectivity index (χ2n) is 8.38. The molecule has 0 aromatic heterocycles. The van der Waals surface area contributed by atoms with Gasteiger partial charge in [-0.05, 0) is 55.7 Å². The molecule has 0 unspecified atom stereocenters. The van der Waals surface area contributed by atoms with Crippen LogP contribution >= 0.6 is 23.2 Å². The summed E-state index contributed by atoms with van der Waals surface area (Å²) in [6.07, 6.45) is 0.337. The van der Waals surface area contributed by atoms with Crippen molar-refractivity contribution in [1.82, 2.24) is 10.2 Å². The third-order valence-electron chi connectivity index (χ3n) is 5.71. The minimum absolute atomic E-state index is 0.0716. The first-order valence-corrected chi connectivity index (χ1v) is 12.3. The van der Waals surface area contributed by atoms with Gasteiger partial charge in [0, 0.05) is 35.1 Å². The fourth-order valence-corrected chi connectivity index (χ4v) is 4.30. The third kappa shape index (κ3) is 7.23. The van der Waals surface area contributed by atoms with E-state index in [0.717, 1.165) is 16.7 Å². The van der Waals surface area contributed by atoms with Gasteiger partial charge in [0.25, 0.3) is 5.91 Å². The fourth-order valence-electron chi connectivity index (χ4n) is 3.78. The molecular weight excluding hydrogens is 483 g/mol. The van der Waals surface area contributed by atoms with Crippen molar-refractivity contribution >= 4 is 35.0 Å². The van der Waals surface area contributed by atoms with Crippen LogP contribution in [0.4, 0.5) is 0 Å². The van der Waals surface area contributed by atoms with E-state index in [-0.39, 0.29) is 25.0 Å². The molecule has 0 radical (unpaired) electrons. The summed E-state index contributed by atoms with van der Waals surface area (Å²) >= 11 is 12.9. The second kappa shape index (κ2) is 12.6. The minimum Gasteiger partial charge on any atom is -0.483 e. The Balaban J connectivity index is 1.96. The van der Waals surface area contributed by atoms with Crippen LogP contribution in [0.5, 0.6) is 5.75 Å². The third-order valence-corrected chi connectivity index (χ3v) is 6.42. The maximum absolute atomic E-state index is 13.6. The number of amides is 2. The van der Waals surface area contributed by atoms with Crippen molar-refractivity contribution in [3.63, 3.8) is 0 Å². The van der Waals surface area contributed by atoms with Gasteiger partial charge in [0.2, 0.25) is 5.91 Å². The molecule has 184 valence electrons. The molecule has 2 amide bonds. The largest absolute Gasteiger partial charge is 0.483 e. The van der Waals surface area contributed by atoms with Crippen LogP contribution in [0.25, 0.3) is 0 Å². The van der Waals surface area contributed by atoms with Gasteiger partial charge in [-0.25, -0.2) is 0 Å². The smallest absolute Gasteiger partial charge is 0.261 e. The Morgan fingerprint density at radius 2 is 1.66 bits per heavy atom. The van der Waals surface area contributed by atoms with Crippen molar-refractivity contribution in [2.75, 3.05) is 13.2 Å². The molecule has 3 aromatic rings. The summed E-state index contributed by atoms with van der Waals surface area (Å²) in [6.45, 7) is 6.02. The Labute approximate surface area is 217 Å². The van der Waals surface area contributed by atoms with E-state index >= 15 is 0 Å². The van der Waals surface area contributed by atoms with Gasteiger partial charge in [0.05, 0.1) is 0 Å². The van der Waals surface area contributed by atoms with E-state index < -0.39 is 6.04 Å². The summed E-state index contributed by atoms with van der Waals surface area (Å²) in [5.74, 6) is 0.0420. The first kappa shape index (κ1) is 26.6. The van der Waals surface area contributed by atoms with E-state index in [0.29, 0.717) is 34.3 Å². The highest BCUT2D eigenvalue weighted by atomic mass is 35.5. The van der Waals surface area contributed by atoms with Crippen molar-refractivity contribution in [2.24, 2.45) is 0 Å². The Hall–Kier alpha value is -3.02. The molecule has 0 aliphatic carbocycles. The zero-order valence-corrected chi connectivity index (χ0v) is 21.7. The lowest BCUT2D eigenvalue weighted by Crippen LogP contribution is -2.51. The number of halogens is 2. The van der Waals surface area contributed by atoms with Gasteiger partial charge in [-0.15, -0.1) is 0 Å². The van der Waals surface area contributed by atoms with E-state index in [4.69, 9.17) is 27.9 Å². The molecule has 0 saturated heterocycles. The number of hydrogen-bond acceptors (Lipinski definition) is 3. The molecule has 0 aliphatic rings. The van der Waals surface area contributed by atoms with E-state index in [9.17, 15) is 9.59 Å². The van der Waals surface area contributed by atoms with Gasteiger partial charge in [-0.2, -0.15) is 0 Å². The quantitative estimate of drug-likeness (QED) is 0.375. The number of rotatable bonds is 10. The SMILES string of the molecule is CCNC(=O)[C@@H](Cc1ccccc1)N(Cc1c(Cl)cccc1Cl)C(=O)COc1cc(C)ccc1C. The predicted octanol–water partition coefficient (Wildman–Crippen LogP) is 5.77. The molecule has 0 spiro atoms. The normalized spacial score (nSPS) is 11.6. The molecule has 3 rings (SSSR count). The molecular formula is C28H30Cl2N2O3. The standard InChI is InChI=1S/C28H30Cl2N2O3/c1-4-31-28(34)25(16-21-9-6-5-7-10-21)32(17-22-23(29)11-8-12-24(22)30)27(33)18-35-26-15-19(2)13-14-20(26)3/h5-15,25H,4,16-18H2,1-3H3,(H,31,34)/t25-/m1/s1. The van der Waals surface area contributed by atoms with Crippen LogP contribution < -0.4 is 10.1 Å². The van der Waals surface area contributed by atoms with Gasteiger partial charge >= 0.3 is 0 Å². The number of likely N-dealkylation sites (N-methyl/N-ethyl adjacent to an activating group) is 1. The maximum Gasteiger partial charge on any atom is 0.261 e. The molecule has 1 atom stereocenters. The average Bonchev–Trinajstić information content (AvgIpc) is 2.84. The zero-order valence-electron chi connectivity index (χ0n) is 20.2. The van der Waals surface area contributed by atoms with Crippen molar-refractivity contribution in [3.05, 3.63) is 99.0 Å². The van der Waals surface area contributed by atoms with Crippen LogP contribution in [-0.4, -0.2) is 35.9 Å². The van der Waals surface area contributed by atoms with E-state index in [1.165, 1.54) is 4.90 Å². The van der Waals surface area contributed by atoms with Crippen molar-refractivity contribution < 1.29 is 14.3 Å². The number of nitrogens with one attached hydrogen (secondary N) is 1. The summed E-state index contributed by atoms with van der Waals surface area (Å²) < 4.78 is 5.91. The van der Waals surface area contributed by atoms with Crippen LogP contribution in [0.3, 0.4) is 0 Å². The highest BCUT2D eigenvalue weighted by Gasteiger charge is 2.31. The lowest BCUT2D eigenvalue weighted by molar-refractivity contribution is -0.142. The highest BCUT2D eigenvalue weighted by Crippen LogP contribution is 2.27. The average molecular weight is 513 g/mol. The zero-order chi connectivity index (χ0) is 25.4. The van der Waals surface area contributed by atoms with E-state index in [1.54, 1.807) is 18.2 Å². The maximum atomic E-state index is 13.6. The number of carbonyl (C=O) groups is 2. The fraction of sp³-hybridized carbons (Fsp3) is 0.286. The Kier molecular flexibility index (Phi) is 9.58. The first-order chi connectivity index (χ1) is 16.8. The number of benzene rings is 3. The van der Waals surface area contributed by atoms with Crippen molar-refractivity contribution in [1.29, 1.82) is 0 Å². The molecule has 0 bridgehead atoms. The van der Waals surface area contributed by atoms with Gasteiger partial charge in [0.15, 0.2) is 6.61 Å². The number of aryl methyl sites for hydroxylation is 2. The molecule has 0 saturated carbocycles. The van der Waals surface area contributed by atoms with Crippen molar-refractivity contribution in [3.8, 4) is 5.75 Å². The van der Waals surface area contributed by atoms with Gasteiger partial charge in [0.1, 0.15) is 11.8 Å². The topological polar surface area (TPSA) is 58.6 Å². The van der Waals surface area contributed by atoms with Crippen LogP contribution in [-0.2, 0) is 22.6 Å². The number of nitrogens with zero attached hydrogens (tertiary/aromatic N) is 1. The number of ether oxygens (including phenoxy) is 1. The van der Waals surface area contributed by atoms with Crippen LogP contribution in [0.15, 0.2) is 66.7 Å². The lowest BCUT2D eigenvalue weighted by Gasteiger charge is -2.32. The molecule has 7 heteroatoms. The Bertz CT molecular complexity index is 1150. The summed E-state index contributed by atoms with van der Waals surface area (Å²) in [5, 5.41) is 3.73. The minimum atomic E-state index is -0.778. The summed E-state index contributed by atoms with van der Waals surface area (Å²) in [4.78, 5) is 28.3. The Morgan fingerprint density at radius 3 is 2.31 bits per heavy atom. The van der Waals surface area contributed by atoms with Crippen LogP contribution in [0, 0.1) is 13.8 Å². The van der Waals surface area contributed by atoms with Gasteiger partial charge < -0.3 is 15.0 Å². The second-order valence-corrected chi connectivity index (χ2v) is 9.19. The summed E-state index contributed by atoms with van der Waals surface area (Å²) in [5.41, 5.74) is 3.47. The van der Waals surface area contributed by atoms with Crippen LogP contribution in [0.2, 0.25) is 10.0 Å². The number of hydrogen-bond donors (Lipinski definition) is 1. The number of carbonyl (C=O) groups excluding carboxylic acids is 2. The lowest BCUT2D eigenvalue weighted by atomic mass is 10.0. The molecule has 0 heterocycles. The van der Waals surface area contributed by atoms with Crippen molar-refractivity contribution in [2.45, 2.75) is 39.8 Å². The first-order valence-electron chi connectivity index (χ1n) is 11.5. The molecule has 1 N–H and O–H groups in total. The predicted molar refractivity (Wildman–Crippen MR) is 141 cm³/mol. The van der Waals surface area contributed by atoms with Gasteiger partial charge in [-0.1, -0.05) is 71.7 Å². The monoisotopic (exact) mass is 512 g/mol. The molecule has 35 heavy (non-hydrogen) atoms. The van der Waals surface area contributed by atoms with E-state index in [1.807, 2.05) is 69.3 Å².